The van der Waals surface area contributed by atoms with Crippen molar-refractivity contribution >= 4 is 14.2 Å². The normalized spacial score (nSPS) is 30.2. The lowest BCUT2D eigenvalue weighted by Gasteiger charge is -2.19. The lowest BCUT2D eigenvalue weighted by Crippen LogP contribution is -2.31. The minimum absolute atomic E-state index is 0.128. The average molecular weight is 239 g/mol. The zero-order valence-electron chi connectivity index (χ0n) is 8.28. The molecule has 0 bridgehead atoms. The van der Waals surface area contributed by atoms with Crippen molar-refractivity contribution in [2.24, 2.45) is 0 Å². The van der Waals surface area contributed by atoms with Gasteiger partial charge in [0.1, 0.15) is 0 Å². The third kappa shape index (κ3) is 3.55. The fraction of sp³-hybridized carbons (Fsp3) is 0.857. The van der Waals surface area contributed by atoms with Crippen LogP contribution >= 0.6 is 7.82 Å². The van der Waals surface area contributed by atoms with Crippen LogP contribution in [0.15, 0.2) is 0 Å². The molecule has 0 saturated carbocycles. The first-order valence-corrected chi connectivity index (χ1v) is 5.90. The van der Waals surface area contributed by atoms with Crippen LogP contribution in [0.5, 0.6) is 0 Å². The molecule has 1 unspecified atom stereocenters. The van der Waals surface area contributed by atoms with Crippen molar-refractivity contribution in [3.63, 3.8) is 0 Å². The molecule has 8 heteroatoms. The summed E-state index contributed by atoms with van der Waals surface area (Å²) in [5.41, 5.74) is 0. The van der Waals surface area contributed by atoms with E-state index in [0.29, 0.717) is 12.8 Å². The van der Waals surface area contributed by atoms with Crippen molar-refractivity contribution in [2.75, 3.05) is 20.3 Å². The van der Waals surface area contributed by atoms with Gasteiger partial charge in [0.25, 0.3) is 0 Å². The number of amides is 1. The number of hydrogen-bond donors (Lipinski definition) is 2. The Kier molecular flexibility index (Phi) is 4.24. The summed E-state index contributed by atoms with van der Waals surface area (Å²) in [7, 11) is -2.95. The monoisotopic (exact) mass is 239 g/mol. The molecule has 1 amide bonds. The van der Waals surface area contributed by atoms with E-state index in [0.717, 1.165) is 7.11 Å². The van der Waals surface area contributed by atoms with Gasteiger partial charge < -0.3 is 14.9 Å². The van der Waals surface area contributed by atoms with Crippen molar-refractivity contribution in [3.8, 4) is 0 Å². The highest BCUT2D eigenvalue weighted by Crippen LogP contribution is 2.42. The first kappa shape index (κ1) is 12.6. The Morgan fingerprint density at radius 1 is 1.67 bits per heavy atom. The minimum Gasteiger partial charge on any atom is -0.391 e. The predicted molar refractivity (Wildman–Crippen MR) is 50.0 cm³/mol. The molecule has 1 aliphatic heterocycles. The Labute approximate surface area is 87.2 Å². The van der Waals surface area contributed by atoms with Gasteiger partial charge in [-0.2, -0.15) is 0 Å². The van der Waals surface area contributed by atoms with Crippen molar-refractivity contribution in [3.05, 3.63) is 0 Å². The summed E-state index contributed by atoms with van der Waals surface area (Å²) in [6.07, 6.45) is 0.311. The van der Waals surface area contributed by atoms with E-state index < -0.39 is 13.9 Å². The molecule has 1 fully saturated rings. The van der Waals surface area contributed by atoms with Gasteiger partial charge in [-0.25, -0.2) is 4.57 Å². The Hall–Kier alpha value is -0.460. The number of aliphatic hydroxyl groups excluding tert-OH is 1. The third-order valence-corrected chi connectivity index (χ3v) is 3.17. The van der Waals surface area contributed by atoms with Crippen LogP contribution in [0.3, 0.4) is 0 Å². The van der Waals surface area contributed by atoms with Crippen molar-refractivity contribution in [1.82, 2.24) is 4.90 Å². The highest BCUT2D eigenvalue weighted by Gasteiger charge is 2.32. The Morgan fingerprint density at radius 3 is 2.87 bits per heavy atom. The maximum atomic E-state index is 11.0. The lowest BCUT2D eigenvalue weighted by molar-refractivity contribution is -0.119. The molecule has 1 heterocycles. The average Bonchev–Trinajstić information content (AvgIpc) is 2.56. The van der Waals surface area contributed by atoms with Crippen LogP contribution in [0.25, 0.3) is 0 Å². The van der Waals surface area contributed by atoms with Gasteiger partial charge >= 0.3 is 7.82 Å². The molecule has 1 saturated heterocycles. The quantitative estimate of drug-likeness (QED) is 0.488. The van der Waals surface area contributed by atoms with Crippen LogP contribution in [0.2, 0.25) is 0 Å². The molecule has 0 aliphatic carbocycles. The molecule has 1 rings (SSSR count). The standard InChI is InChI=1S/C7H14NO6P/c1-13-15(11,12)14-4-6-2-7(10)3-8(6)5-9/h5-7,10H,2-4H2,1H3,(H,11,12)/t6-,7+/m0/s1. The molecule has 1 aliphatic rings. The highest BCUT2D eigenvalue weighted by atomic mass is 31.2. The number of likely N-dealkylation sites (tertiary alicyclic amines) is 1. The van der Waals surface area contributed by atoms with Gasteiger partial charge in [-0.15, -0.1) is 0 Å². The Morgan fingerprint density at radius 2 is 2.33 bits per heavy atom. The fourth-order valence-corrected chi connectivity index (χ4v) is 1.91. The molecule has 15 heavy (non-hydrogen) atoms. The molecule has 0 aromatic carbocycles. The number of carbonyl (C=O) groups is 1. The summed E-state index contributed by atoms with van der Waals surface area (Å²) in [6, 6.07) is -0.381. The topological polar surface area (TPSA) is 96.3 Å². The van der Waals surface area contributed by atoms with E-state index in [1.807, 2.05) is 0 Å². The van der Waals surface area contributed by atoms with Crippen LogP contribution in [0.4, 0.5) is 0 Å². The van der Waals surface area contributed by atoms with Crippen LogP contribution < -0.4 is 0 Å². The zero-order valence-corrected chi connectivity index (χ0v) is 9.17. The molecule has 2 N–H and O–H groups in total. The molecule has 0 aromatic heterocycles. The first-order valence-electron chi connectivity index (χ1n) is 4.40. The SMILES string of the molecule is COP(=O)(O)OC[C@@H]1C[C@@H](O)CN1C=O. The van der Waals surface area contributed by atoms with Gasteiger partial charge in [0.05, 0.1) is 18.8 Å². The van der Waals surface area contributed by atoms with Gasteiger partial charge in [0.15, 0.2) is 0 Å². The van der Waals surface area contributed by atoms with Crippen LogP contribution in [-0.4, -0.2) is 53.7 Å². The molecule has 0 aromatic rings. The summed E-state index contributed by atoms with van der Waals surface area (Å²) in [5, 5.41) is 9.27. The van der Waals surface area contributed by atoms with Gasteiger partial charge in [0, 0.05) is 13.7 Å². The third-order valence-electron chi connectivity index (χ3n) is 2.23. The number of carbonyl (C=O) groups excluding carboxylic acids is 1. The van der Waals surface area contributed by atoms with Crippen LogP contribution in [0, 0.1) is 0 Å². The molecule has 0 radical (unpaired) electrons. The maximum absolute atomic E-state index is 11.0. The molecule has 0 spiro atoms. The summed E-state index contributed by atoms with van der Waals surface area (Å²) in [6.45, 7) is 0.0949. The lowest BCUT2D eigenvalue weighted by atomic mass is 10.2. The smallest absolute Gasteiger partial charge is 0.391 e. The van der Waals surface area contributed by atoms with E-state index in [4.69, 9.17) is 4.89 Å². The zero-order chi connectivity index (χ0) is 11.5. The van der Waals surface area contributed by atoms with E-state index >= 15 is 0 Å². The summed E-state index contributed by atoms with van der Waals surface area (Å²) in [4.78, 5) is 20.8. The number of rotatable bonds is 5. The number of phosphoric acid groups is 1. The highest BCUT2D eigenvalue weighted by molar-refractivity contribution is 7.47. The summed E-state index contributed by atoms with van der Waals surface area (Å²) >= 11 is 0. The maximum Gasteiger partial charge on any atom is 0.471 e. The van der Waals surface area contributed by atoms with Crippen LogP contribution in [-0.2, 0) is 18.4 Å². The van der Waals surface area contributed by atoms with Crippen molar-refractivity contribution in [1.29, 1.82) is 0 Å². The predicted octanol–water partition coefficient (Wildman–Crippen LogP) is -0.659. The number of β-amino-alcohol motifs (C(OH)–C–C–N with tert-alkyl or cyclic N) is 1. The van der Waals surface area contributed by atoms with E-state index in [-0.39, 0.29) is 19.2 Å². The summed E-state index contributed by atoms with van der Waals surface area (Å²) in [5.74, 6) is 0. The Bertz CT molecular complexity index is 272. The first-order chi connectivity index (χ1) is 6.98. The minimum atomic E-state index is -4.01. The molecule has 88 valence electrons. The number of hydrogen-bond acceptors (Lipinski definition) is 5. The van der Waals surface area contributed by atoms with Gasteiger partial charge in [0.2, 0.25) is 6.41 Å². The van der Waals surface area contributed by atoms with E-state index in [1.165, 1.54) is 4.90 Å². The van der Waals surface area contributed by atoms with Gasteiger partial charge in [-0.05, 0) is 6.42 Å². The molecule has 7 nitrogen and oxygen atoms in total. The van der Waals surface area contributed by atoms with Crippen molar-refractivity contribution in [2.45, 2.75) is 18.6 Å². The second-order valence-corrected chi connectivity index (χ2v) is 4.85. The molecular formula is C7H14NO6P. The Balaban J connectivity index is 2.44. The number of nitrogens with zero attached hydrogens (tertiary/aromatic N) is 1. The molecular weight excluding hydrogens is 225 g/mol. The van der Waals surface area contributed by atoms with E-state index in [2.05, 4.69) is 9.05 Å². The molecule has 3 atom stereocenters. The van der Waals surface area contributed by atoms with E-state index in [9.17, 15) is 14.5 Å². The van der Waals surface area contributed by atoms with E-state index in [1.54, 1.807) is 0 Å². The summed E-state index contributed by atoms with van der Waals surface area (Å²) < 4.78 is 19.8. The number of aliphatic hydroxyl groups is 1. The second kappa shape index (κ2) is 5.05. The van der Waals surface area contributed by atoms with Crippen LogP contribution in [0.1, 0.15) is 6.42 Å². The fourth-order valence-electron chi connectivity index (χ4n) is 1.44. The number of phosphoric ester groups is 1. The largest absolute Gasteiger partial charge is 0.471 e. The van der Waals surface area contributed by atoms with Gasteiger partial charge in [-0.1, -0.05) is 0 Å². The van der Waals surface area contributed by atoms with Gasteiger partial charge in [-0.3, -0.25) is 13.8 Å². The van der Waals surface area contributed by atoms with Crippen molar-refractivity contribution < 1.29 is 28.4 Å². The second-order valence-electron chi connectivity index (χ2n) is 3.29.